The number of aromatic nitrogens is 1. The van der Waals surface area contributed by atoms with E-state index in [1.807, 2.05) is 30.0 Å². The van der Waals surface area contributed by atoms with E-state index in [4.69, 9.17) is 4.99 Å². The van der Waals surface area contributed by atoms with Crippen LogP contribution in [0.3, 0.4) is 0 Å². The normalized spacial score (nSPS) is 22.4. The first-order valence-electron chi connectivity index (χ1n) is 10.7. The highest BCUT2D eigenvalue weighted by Crippen LogP contribution is 2.38. The van der Waals surface area contributed by atoms with Crippen LogP contribution in [0.15, 0.2) is 51.0 Å². The Morgan fingerprint density at radius 1 is 1.22 bits per heavy atom. The van der Waals surface area contributed by atoms with Gasteiger partial charge in [0.15, 0.2) is 0 Å². The van der Waals surface area contributed by atoms with Crippen LogP contribution in [0, 0.1) is 0 Å². The molecule has 0 radical (unpaired) electrons. The highest BCUT2D eigenvalue weighted by atomic mass is 32.2. The van der Waals surface area contributed by atoms with Gasteiger partial charge in [-0.05, 0) is 30.5 Å². The number of fused-ring (bicyclic) bond motifs is 1. The molecule has 7 nitrogen and oxygen atoms in total. The number of sulfonamides is 1. The molecule has 0 aliphatic carbocycles. The molecule has 1 atom stereocenters. The van der Waals surface area contributed by atoms with E-state index >= 15 is 0 Å². The molecule has 0 amide bonds. The van der Waals surface area contributed by atoms with Crippen molar-refractivity contribution in [3.63, 3.8) is 0 Å². The average molecular weight is 490 g/mol. The van der Waals surface area contributed by atoms with Crippen LogP contribution < -0.4 is 9.62 Å². The molecule has 5 rings (SSSR count). The second-order valence-corrected chi connectivity index (χ2v) is 13.2. The monoisotopic (exact) mass is 489 g/mol. The van der Waals surface area contributed by atoms with Crippen molar-refractivity contribution >= 4 is 54.8 Å². The molecule has 4 heterocycles. The number of piperazine rings is 1. The number of nitrogens with zero attached hydrogens (tertiary/aromatic N) is 3. The van der Waals surface area contributed by atoms with Crippen molar-refractivity contribution in [2.75, 3.05) is 50.6 Å². The molecule has 1 unspecified atom stereocenters. The quantitative estimate of drug-likeness (QED) is 0.556. The molecule has 0 saturated carbocycles. The van der Waals surface area contributed by atoms with Crippen LogP contribution in [0.1, 0.15) is 12.6 Å². The van der Waals surface area contributed by atoms with E-state index in [-0.39, 0.29) is 4.75 Å². The van der Waals surface area contributed by atoms with Gasteiger partial charge in [0, 0.05) is 45.2 Å². The molecule has 1 aromatic carbocycles. The zero-order valence-corrected chi connectivity index (χ0v) is 20.6. The standard InChI is InChI=1S/C22H27N5O2S3/c1-22(15-27-10-8-23-9-11-27)14-24-21(31-22)17-13-16-5-3-6-18(20(16)25-17)26(2)32(28,29)19-7-4-12-30-19/h3-7,12-13,23,25H,8-11,14-15H2,1-2H3. The van der Waals surface area contributed by atoms with Crippen molar-refractivity contribution in [2.45, 2.75) is 15.9 Å². The molecule has 32 heavy (non-hydrogen) atoms. The summed E-state index contributed by atoms with van der Waals surface area (Å²) < 4.78 is 27.9. The zero-order chi connectivity index (χ0) is 22.3. The predicted molar refractivity (Wildman–Crippen MR) is 135 cm³/mol. The molecule has 0 spiro atoms. The molecule has 170 valence electrons. The van der Waals surface area contributed by atoms with Gasteiger partial charge in [0.1, 0.15) is 9.25 Å². The maximum absolute atomic E-state index is 13.1. The molecule has 1 saturated heterocycles. The highest BCUT2D eigenvalue weighted by molar-refractivity contribution is 8.15. The third kappa shape index (κ3) is 4.10. The number of hydrogen-bond donors (Lipinski definition) is 2. The van der Waals surface area contributed by atoms with Crippen molar-refractivity contribution in [1.29, 1.82) is 0 Å². The van der Waals surface area contributed by atoms with Crippen LogP contribution in [0.2, 0.25) is 0 Å². The van der Waals surface area contributed by atoms with Crippen molar-refractivity contribution < 1.29 is 8.42 Å². The number of nitrogens with one attached hydrogen (secondary N) is 2. The topological polar surface area (TPSA) is 80.8 Å². The molecule has 0 bridgehead atoms. The van der Waals surface area contributed by atoms with Crippen LogP contribution >= 0.6 is 23.1 Å². The number of para-hydroxylation sites is 1. The first-order valence-corrected chi connectivity index (χ1v) is 13.8. The summed E-state index contributed by atoms with van der Waals surface area (Å²) in [5, 5.41) is 7.16. The summed E-state index contributed by atoms with van der Waals surface area (Å²) in [6.45, 7) is 8.32. The van der Waals surface area contributed by atoms with Gasteiger partial charge in [-0.3, -0.25) is 14.2 Å². The summed E-state index contributed by atoms with van der Waals surface area (Å²) >= 11 is 3.05. The minimum atomic E-state index is -3.60. The predicted octanol–water partition coefficient (Wildman–Crippen LogP) is 3.21. The van der Waals surface area contributed by atoms with E-state index in [9.17, 15) is 8.42 Å². The van der Waals surface area contributed by atoms with Crippen molar-refractivity contribution in [2.24, 2.45) is 4.99 Å². The number of rotatable bonds is 6. The Kier molecular flexibility index (Phi) is 5.83. The second-order valence-electron chi connectivity index (χ2n) is 8.53. The molecular formula is C22H27N5O2S3. The Bertz CT molecular complexity index is 1250. The molecule has 1 fully saturated rings. The number of H-pyrrole nitrogens is 1. The lowest BCUT2D eigenvalue weighted by atomic mass is 10.1. The van der Waals surface area contributed by atoms with Gasteiger partial charge < -0.3 is 10.3 Å². The zero-order valence-electron chi connectivity index (χ0n) is 18.2. The van der Waals surface area contributed by atoms with Gasteiger partial charge in [0.2, 0.25) is 0 Å². The lowest BCUT2D eigenvalue weighted by Gasteiger charge is -2.33. The summed E-state index contributed by atoms with van der Waals surface area (Å²) in [5.74, 6) is 0. The summed E-state index contributed by atoms with van der Waals surface area (Å²) in [6.07, 6.45) is 0. The smallest absolute Gasteiger partial charge is 0.273 e. The van der Waals surface area contributed by atoms with E-state index in [2.05, 4.69) is 28.2 Å². The minimum Gasteiger partial charge on any atom is -0.351 e. The minimum absolute atomic E-state index is 0.0477. The van der Waals surface area contributed by atoms with Crippen molar-refractivity contribution in [3.05, 3.63) is 47.5 Å². The van der Waals surface area contributed by atoms with Crippen molar-refractivity contribution in [1.82, 2.24) is 15.2 Å². The number of aromatic amines is 1. The van der Waals surface area contributed by atoms with E-state index < -0.39 is 10.0 Å². The Hall–Kier alpha value is -1.85. The highest BCUT2D eigenvalue weighted by Gasteiger charge is 2.35. The van der Waals surface area contributed by atoms with Gasteiger partial charge >= 0.3 is 0 Å². The van der Waals surface area contributed by atoms with Crippen LogP contribution in [0.4, 0.5) is 5.69 Å². The molecule has 2 aliphatic heterocycles. The fourth-order valence-electron chi connectivity index (χ4n) is 4.29. The van der Waals surface area contributed by atoms with Crippen LogP contribution in [-0.2, 0) is 10.0 Å². The van der Waals surface area contributed by atoms with Crippen LogP contribution in [-0.4, -0.2) is 74.4 Å². The summed E-state index contributed by atoms with van der Waals surface area (Å²) in [5.41, 5.74) is 2.39. The summed E-state index contributed by atoms with van der Waals surface area (Å²) in [6, 6.07) is 11.2. The van der Waals surface area contributed by atoms with Crippen LogP contribution in [0.25, 0.3) is 10.9 Å². The number of thioether (sulfide) groups is 1. The fraction of sp³-hybridized carbons (Fsp3) is 0.409. The average Bonchev–Trinajstić information content (AvgIpc) is 3.53. The fourth-order valence-corrected chi connectivity index (χ4v) is 7.85. The van der Waals surface area contributed by atoms with Gasteiger partial charge in [-0.2, -0.15) is 0 Å². The van der Waals surface area contributed by atoms with Gasteiger partial charge in [-0.15, -0.1) is 11.3 Å². The van der Waals surface area contributed by atoms with E-state index in [1.54, 1.807) is 24.6 Å². The molecule has 2 N–H and O–H groups in total. The van der Waals surface area contributed by atoms with Gasteiger partial charge in [0.25, 0.3) is 10.0 Å². The first-order chi connectivity index (χ1) is 15.4. The van der Waals surface area contributed by atoms with Gasteiger partial charge in [0.05, 0.1) is 28.2 Å². The summed E-state index contributed by atoms with van der Waals surface area (Å²) in [7, 11) is -1.99. The lowest BCUT2D eigenvalue weighted by molar-refractivity contribution is 0.224. The number of hydrogen-bond acceptors (Lipinski definition) is 7. The third-order valence-corrected chi connectivity index (χ3v) is 10.4. The SMILES string of the molecule is CN(c1cccc2cc(C3=NCC(C)(CN4CCNCC4)S3)[nH]c12)S(=O)(=O)c1cccs1. The Morgan fingerprint density at radius 3 is 2.78 bits per heavy atom. The van der Waals surface area contributed by atoms with Gasteiger partial charge in [-0.25, -0.2) is 8.42 Å². The summed E-state index contributed by atoms with van der Waals surface area (Å²) in [4.78, 5) is 10.8. The Morgan fingerprint density at radius 2 is 2.03 bits per heavy atom. The maximum Gasteiger partial charge on any atom is 0.273 e. The van der Waals surface area contributed by atoms with E-state index in [0.29, 0.717) is 9.90 Å². The van der Waals surface area contributed by atoms with E-state index in [1.165, 1.54) is 15.6 Å². The lowest BCUT2D eigenvalue weighted by Crippen LogP contribution is -2.49. The second kappa shape index (κ2) is 8.49. The molecular weight excluding hydrogens is 462 g/mol. The van der Waals surface area contributed by atoms with Gasteiger partial charge in [-0.1, -0.05) is 30.0 Å². The first kappa shape index (κ1) is 22.0. The number of anilines is 1. The van der Waals surface area contributed by atoms with Crippen molar-refractivity contribution in [3.8, 4) is 0 Å². The number of thiophene rings is 1. The Balaban J connectivity index is 1.40. The van der Waals surface area contributed by atoms with E-state index in [0.717, 1.165) is 60.9 Å². The molecule has 2 aromatic heterocycles. The maximum atomic E-state index is 13.1. The number of benzene rings is 1. The Labute approximate surface area is 197 Å². The molecule has 10 heteroatoms. The molecule has 2 aliphatic rings. The van der Waals surface area contributed by atoms with Crippen LogP contribution in [0.5, 0.6) is 0 Å². The third-order valence-electron chi connectivity index (χ3n) is 5.98. The molecule has 3 aromatic rings. The number of aliphatic imine (C=N–C) groups is 1. The largest absolute Gasteiger partial charge is 0.351 e.